The summed E-state index contributed by atoms with van der Waals surface area (Å²) in [5.74, 6) is 0.885. The lowest BCUT2D eigenvalue weighted by atomic mass is 9.70. The summed E-state index contributed by atoms with van der Waals surface area (Å²) in [4.78, 5) is 2.47. The normalized spacial score (nSPS) is 29.7. The summed E-state index contributed by atoms with van der Waals surface area (Å²) in [6, 6.07) is 0.541. The third kappa shape index (κ3) is 4.19. The van der Waals surface area contributed by atoms with Crippen molar-refractivity contribution in [2.24, 2.45) is 5.92 Å². The van der Waals surface area contributed by atoms with E-state index in [-0.39, 0.29) is 5.60 Å². The molecule has 0 bridgehead atoms. The number of nitrogens with zero attached hydrogens (tertiary/aromatic N) is 1. The topological polar surface area (TPSA) is 24.5 Å². The number of likely N-dealkylation sites (N-methyl/N-ethyl adjacent to an activating group) is 2. The van der Waals surface area contributed by atoms with Crippen LogP contribution in [0.25, 0.3) is 0 Å². The average molecular weight is 284 g/mol. The molecule has 20 heavy (non-hydrogen) atoms. The lowest BCUT2D eigenvalue weighted by molar-refractivity contribution is -0.00366. The number of hydrogen-bond donors (Lipinski definition) is 1. The lowest BCUT2D eigenvalue weighted by Gasteiger charge is -2.50. The molecule has 0 aromatic carbocycles. The van der Waals surface area contributed by atoms with Crippen LogP contribution < -0.4 is 5.32 Å². The van der Waals surface area contributed by atoms with E-state index in [4.69, 9.17) is 4.74 Å². The molecule has 0 radical (unpaired) electrons. The van der Waals surface area contributed by atoms with Crippen molar-refractivity contribution >= 4 is 0 Å². The molecule has 1 saturated carbocycles. The Labute approximate surface area is 126 Å². The number of methoxy groups -OCH3 is 1. The molecule has 120 valence electrons. The van der Waals surface area contributed by atoms with Crippen LogP contribution in [0.1, 0.15) is 59.3 Å². The summed E-state index contributed by atoms with van der Waals surface area (Å²) in [6.07, 6.45) is 7.58. The van der Waals surface area contributed by atoms with Gasteiger partial charge in [-0.25, -0.2) is 0 Å². The van der Waals surface area contributed by atoms with Crippen molar-refractivity contribution in [2.45, 2.75) is 76.5 Å². The Morgan fingerprint density at radius 2 is 1.85 bits per heavy atom. The van der Waals surface area contributed by atoms with Gasteiger partial charge in [-0.3, -0.25) is 0 Å². The summed E-state index contributed by atoms with van der Waals surface area (Å²) in [7, 11) is 8.44. The van der Waals surface area contributed by atoms with Gasteiger partial charge in [0.2, 0.25) is 0 Å². The van der Waals surface area contributed by atoms with Gasteiger partial charge in [-0.15, -0.1) is 0 Å². The number of rotatable bonds is 7. The van der Waals surface area contributed by atoms with E-state index in [1.54, 1.807) is 0 Å². The zero-order valence-electron chi connectivity index (χ0n) is 14.8. The summed E-state index contributed by atoms with van der Waals surface area (Å²) < 4.78 is 5.59. The Bertz CT molecular complexity index is 281. The van der Waals surface area contributed by atoms with Crippen molar-refractivity contribution in [3.8, 4) is 0 Å². The number of ether oxygens (including phenoxy) is 1. The van der Waals surface area contributed by atoms with Crippen molar-refractivity contribution in [1.82, 2.24) is 10.2 Å². The van der Waals surface area contributed by atoms with Crippen molar-refractivity contribution in [2.75, 3.05) is 28.3 Å². The van der Waals surface area contributed by atoms with Crippen LogP contribution in [0.4, 0.5) is 0 Å². The van der Waals surface area contributed by atoms with Gasteiger partial charge in [0.1, 0.15) is 0 Å². The maximum absolute atomic E-state index is 5.59. The van der Waals surface area contributed by atoms with Crippen LogP contribution in [0.15, 0.2) is 0 Å². The monoisotopic (exact) mass is 284 g/mol. The molecule has 0 aromatic heterocycles. The Hall–Kier alpha value is -0.120. The van der Waals surface area contributed by atoms with Gasteiger partial charge in [-0.2, -0.15) is 0 Å². The van der Waals surface area contributed by atoms with Gasteiger partial charge in [-0.1, -0.05) is 6.92 Å². The van der Waals surface area contributed by atoms with Crippen molar-refractivity contribution in [1.29, 1.82) is 0 Å². The second-order valence-corrected chi connectivity index (χ2v) is 7.52. The highest BCUT2D eigenvalue weighted by Gasteiger charge is 2.42. The number of nitrogens with one attached hydrogen (secondary N) is 1. The standard InChI is InChI=1S/C17H36N2O/c1-14-8-12-17(13-9-14,19(5)6)15(18-4)10-11-16(2,3)20-7/h14-15,18H,8-13H2,1-7H3. The van der Waals surface area contributed by atoms with Crippen LogP contribution >= 0.6 is 0 Å². The van der Waals surface area contributed by atoms with E-state index < -0.39 is 0 Å². The van der Waals surface area contributed by atoms with E-state index in [1.165, 1.54) is 32.1 Å². The van der Waals surface area contributed by atoms with E-state index in [0.717, 1.165) is 12.3 Å². The van der Waals surface area contributed by atoms with E-state index in [0.29, 0.717) is 11.6 Å². The highest BCUT2D eigenvalue weighted by molar-refractivity contribution is 5.01. The molecule has 1 N–H and O–H groups in total. The molecule has 0 aliphatic heterocycles. The fourth-order valence-corrected chi connectivity index (χ4v) is 3.65. The molecule has 1 aliphatic carbocycles. The summed E-state index contributed by atoms with van der Waals surface area (Å²) in [5.41, 5.74) is 0.287. The molecule has 0 saturated heterocycles. The van der Waals surface area contributed by atoms with Crippen molar-refractivity contribution in [3.05, 3.63) is 0 Å². The Morgan fingerprint density at radius 1 is 1.30 bits per heavy atom. The van der Waals surface area contributed by atoms with E-state index in [9.17, 15) is 0 Å². The summed E-state index contributed by atoms with van der Waals surface area (Å²) in [5, 5.41) is 3.61. The maximum atomic E-state index is 5.59. The molecule has 0 heterocycles. The van der Waals surface area contributed by atoms with Crippen molar-refractivity contribution < 1.29 is 4.74 Å². The van der Waals surface area contributed by atoms with Gasteiger partial charge in [0.15, 0.2) is 0 Å². The van der Waals surface area contributed by atoms with Gasteiger partial charge in [-0.05, 0) is 79.4 Å². The van der Waals surface area contributed by atoms with Crippen LogP contribution in [0.2, 0.25) is 0 Å². The second kappa shape index (κ2) is 7.24. The van der Waals surface area contributed by atoms with Crippen LogP contribution in [-0.2, 0) is 4.74 Å². The van der Waals surface area contributed by atoms with Gasteiger partial charge < -0.3 is 15.0 Å². The minimum absolute atomic E-state index is 0.0233. The molecule has 0 amide bonds. The molecule has 0 aromatic rings. The minimum Gasteiger partial charge on any atom is -0.379 e. The average Bonchev–Trinajstić information content (AvgIpc) is 2.41. The largest absolute Gasteiger partial charge is 0.379 e. The van der Waals surface area contributed by atoms with Crippen LogP contribution in [0.5, 0.6) is 0 Å². The van der Waals surface area contributed by atoms with Crippen molar-refractivity contribution in [3.63, 3.8) is 0 Å². The summed E-state index contributed by atoms with van der Waals surface area (Å²) >= 11 is 0. The molecule has 1 unspecified atom stereocenters. The van der Waals surface area contributed by atoms with Gasteiger partial charge in [0.25, 0.3) is 0 Å². The molecule has 1 aliphatic rings. The Kier molecular flexibility index (Phi) is 6.49. The SMILES string of the molecule is CNC(CCC(C)(C)OC)C1(N(C)C)CCC(C)CC1. The second-order valence-electron chi connectivity index (χ2n) is 7.52. The van der Waals surface area contributed by atoms with Gasteiger partial charge in [0.05, 0.1) is 5.60 Å². The first kappa shape index (κ1) is 17.9. The van der Waals surface area contributed by atoms with E-state index >= 15 is 0 Å². The fourth-order valence-electron chi connectivity index (χ4n) is 3.65. The van der Waals surface area contributed by atoms with Gasteiger partial charge >= 0.3 is 0 Å². The predicted molar refractivity (Wildman–Crippen MR) is 87.2 cm³/mol. The molecular formula is C17H36N2O. The van der Waals surface area contributed by atoms with Gasteiger partial charge in [0, 0.05) is 18.7 Å². The third-order valence-corrected chi connectivity index (χ3v) is 5.62. The molecule has 3 nitrogen and oxygen atoms in total. The smallest absolute Gasteiger partial charge is 0.0623 e. The highest BCUT2D eigenvalue weighted by Crippen LogP contribution is 2.39. The van der Waals surface area contributed by atoms with Crippen LogP contribution in [-0.4, -0.2) is 50.3 Å². The van der Waals surface area contributed by atoms with E-state index in [2.05, 4.69) is 52.1 Å². The van der Waals surface area contributed by atoms with Crippen LogP contribution in [0, 0.1) is 5.92 Å². The lowest BCUT2D eigenvalue weighted by Crippen LogP contribution is -2.60. The molecule has 1 atom stereocenters. The molecular weight excluding hydrogens is 248 g/mol. The first-order valence-electron chi connectivity index (χ1n) is 8.17. The van der Waals surface area contributed by atoms with E-state index in [1.807, 2.05) is 7.11 Å². The zero-order valence-corrected chi connectivity index (χ0v) is 14.8. The first-order chi connectivity index (χ1) is 9.27. The zero-order chi connectivity index (χ0) is 15.4. The molecule has 3 heteroatoms. The minimum atomic E-state index is -0.0233. The fraction of sp³-hybridized carbons (Fsp3) is 1.00. The molecule has 0 spiro atoms. The highest BCUT2D eigenvalue weighted by atomic mass is 16.5. The first-order valence-corrected chi connectivity index (χ1v) is 8.17. The summed E-state index contributed by atoms with van der Waals surface area (Å²) in [6.45, 7) is 6.76. The third-order valence-electron chi connectivity index (χ3n) is 5.62. The quantitative estimate of drug-likeness (QED) is 0.776. The number of hydrogen-bond acceptors (Lipinski definition) is 3. The Balaban J connectivity index is 2.77. The van der Waals surface area contributed by atoms with Crippen LogP contribution in [0.3, 0.4) is 0 Å². The molecule has 1 fully saturated rings. The predicted octanol–water partition coefficient (Wildman–Crippen LogP) is 3.29. The Morgan fingerprint density at radius 3 is 2.25 bits per heavy atom. The maximum Gasteiger partial charge on any atom is 0.0623 e. The molecule has 1 rings (SSSR count).